The molecule has 0 spiro atoms. The summed E-state index contributed by atoms with van der Waals surface area (Å²) < 4.78 is 1.18. The Morgan fingerprint density at radius 3 is 3.15 bits per heavy atom. The fourth-order valence-electron chi connectivity index (χ4n) is 1.16. The second-order valence-corrected chi connectivity index (χ2v) is 4.68. The van der Waals surface area contributed by atoms with Crippen molar-refractivity contribution in [3.05, 3.63) is 23.8 Å². The van der Waals surface area contributed by atoms with Crippen LogP contribution in [0.25, 0.3) is 20.4 Å². The third kappa shape index (κ3) is 1.08. The van der Waals surface area contributed by atoms with E-state index in [0.29, 0.717) is 0 Å². The average molecular weight is 207 g/mol. The minimum absolute atomic E-state index is 0.861. The summed E-state index contributed by atoms with van der Waals surface area (Å²) in [6.07, 6.45) is 1.90. The molecule has 0 aliphatic heterocycles. The van der Waals surface area contributed by atoms with Crippen LogP contribution in [0.1, 0.15) is 0 Å². The molecule has 3 rings (SSSR count). The number of fused-ring (bicyclic) bond motifs is 1. The van der Waals surface area contributed by atoms with Crippen molar-refractivity contribution in [3.8, 4) is 10.7 Å². The van der Waals surface area contributed by atoms with Gasteiger partial charge in [-0.25, -0.2) is 9.97 Å². The summed E-state index contributed by atoms with van der Waals surface area (Å²) >= 11 is 3.31. The summed E-state index contributed by atoms with van der Waals surface area (Å²) in [5, 5.41) is 1.01. The first-order valence-corrected chi connectivity index (χ1v) is 5.47. The van der Waals surface area contributed by atoms with E-state index in [1.165, 1.54) is 4.01 Å². The number of nitrogens with zero attached hydrogens (tertiary/aromatic N) is 2. The molecular formula is C8H5N3S2. The van der Waals surface area contributed by atoms with Crippen molar-refractivity contribution in [2.75, 3.05) is 0 Å². The molecule has 13 heavy (non-hydrogen) atoms. The summed E-state index contributed by atoms with van der Waals surface area (Å²) in [7, 11) is 0. The normalized spacial score (nSPS) is 11.1. The number of nitrogens with one attached hydrogen (secondary N) is 1. The second kappa shape index (κ2) is 2.65. The Labute approximate surface area is 82.1 Å². The van der Waals surface area contributed by atoms with Gasteiger partial charge in [-0.15, -0.1) is 11.3 Å². The average Bonchev–Trinajstić information content (AvgIpc) is 2.78. The number of rotatable bonds is 1. The van der Waals surface area contributed by atoms with E-state index in [0.717, 1.165) is 16.3 Å². The first-order chi connectivity index (χ1) is 6.43. The van der Waals surface area contributed by atoms with E-state index in [2.05, 4.69) is 15.0 Å². The van der Waals surface area contributed by atoms with E-state index < -0.39 is 0 Å². The Kier molecular flexibility index (Phi) is 1.47. The molecule has 0 amide bonds. The van der Waals surface area contributed by atoms with Gasteiger partial charge in [-0.2, -0.15) is 0 Å². The van der Waals surface area contributed by atoms with Crippen molar-refractivity contribution in [3.63, 3.8) is 0 Å². The monoisotopic (exact) mass is 207 g/mol. The molecule has 0 aromatic carbocycles. The fraction of sp³-hybridized carbons (Fsp3) is 0. The van der Waals surface area contributed by atoms with E-state index in [9.17, 15) is 0 Å². The van der Waals surface area contributed by atoms with Crippen LogP contribution in [0.15, 0.2) is 23.8 Å². The summed E-state index contributed by atoms with van der Waals surface area (Å²) in [4.78, 5) is 11.7. The predicted octanol–water partition coefficient (Wildman–Crippen LogP) is 2.75. The summed E-state index contributed by atoms with van der Waals surface area (Å²) in [5.74, 6) is 0. The number of aromatic amines is 1. The summed E-state index contributed by atoms with van der Waals surface area (Å²) in [6.45, 7) is 0. The molecule has 0 saturated heterocycles. The lowest BCUT2D eigenvalue weighted by Crippen LogP contribution is -1.73. The van der Waals surface area contributed by atoms with Gasteiger partial charge in [0.15, 0.2) is 5.65 Å². The maximum Gasteiger partial charge on any atom is 0.182 e. The molecule has 64 valence electrons. The van der Waals surface area contributed by atoms with Crippen molar-refractivity contribution in [1.82, 2.24) is 15.0 Å². The summed E-state index contributed by atoms with van der Waals surface area (Å²) in [6, 6.07) is 3.99. The van der Waals surface area contributed by atoms with Crippen molar-refractivity contribution in [1.29, 1.82) is 0 Å². The van der Waals surface area contributed by atoms with Crippen LogP contribution in [0.5, 0.6) is 0 Å². The highest BCUT2D eigenvalue weighted by atomic mass is 32.2. The van der Waals surface area contributed by atoms with Crippen LogP contribution in [0.2, 0.25) is 0 Å². The Balaban J connectivity index is 2.23. The topological polar surface area (TPSA) is 41.6 Å². The lowest BCUT2D eigenvalue weighted by molar-refractivity contribution is 1.33. The maximum absolute atomic E-state index is 4.40. The van der Waals surface area contributed by atoms with Gasteiger partial charge in [-0.3, -0.25) is 0 Å². The maximum atomic E-state index is 4.40. The lowest BCUT2D eigenvalue weighted by atomic mass is 10.5. The van der Waals surface area contributed by atoms with Crippen molar-refractivity contribution < 1.29 is 0 Å². The van der Waals surface area contributed by atoms with E-state index in [1.807, 2.05) is 23.8 Å². The molecular weight excluding hydrogens is 202 g/mol. The zero-order chi connectivity index (χ0) is 8.67. The third-order valence-electron chi connectivity index (χ3n) is 1.74. The molecule has 0 atom stereocenters. The number of hydrogen-bond acceptors (Lipinski definition) is 4. The van der Waals surface area contributed by atoms with E-state index in [1.54, 1.807) is 22.7 Å². The number of thiazole rings is 2. The molecule has 0 fully saturated rings. The smallest absolute Gasteiger partial charge is 0.182 e. The molecule has 3 aromatic heterocycles. The van der Waals surface area contributed by atoms with Crippen molar-refractivity contribution in [2.45, 2.75) is 0 Å². The zero-order valence-corrected chi connectivity index (χ0v) is 8.15. The van der Waals surface area contributed by atoms with Gasteiger partial charge in [0.05, 0.1) is 11.2 Å². The first-order valence-electron chi connectivity index (χ1n) is 3.77. The molecule has 0 bridgehead atoms. The molecule has 0 saturated carbocycles. The minimum Gasteiger partial charge on any atom is -0.359 e. The van der Waals surface area contributed by atoms with E-state index >= 15 is 0 Å². The zero-order valence-electron chi connectivity index (χ0n) is 6.52. The SMILES string of the molecule is c1c[nH]c(-c2nc3ncsc3s2)c1. The van der Waals surface area contributed by atoms with Gasteiger partial charge in [-0.05, 0) is 12.1 Å². The van der Waals surface area contributed by atoms with Crippen molar-refractivity contribution >= 4 is 32.3 Å². The number of aromatic nitrogens is 3. The Morgan fingerprint density at radius 1 is 1.38 bits per heavy atom. The van der Waals surface area contributed by atoms with Crippen LogP contribution in [0.4, 0.5) is 0 Å². The second-order valence-electron chi connectivity index (χ2n) is 2.57. The molecule has 0 unspecified atom stereocenters. The van der Waals surface area contributed by atoms with Crippen LogP contribution < -0.4 is 0 Å². The van der Waals surface area contributed by atoms with Gasteiger partial charge in [0, 0.05) is 6.20 Å². The highest BCUT2D eigenvalue weighted by Crippen LogP contribution is 2.30. The molecule has 0 radical (unpaired) electrons. The third-order valence-corrected chi connectivity index (χ3v) is 3.76. The quantitative estimate of drug-likeness (QED) is 0.666. The van der Waals surface area contributed by atoms with Gasteiger partial charge in [-0.1, -0.05) is 11.3 Å². The molecule has 0 aliphatic carbocycles. The van der Waals surface area contributed by atoms with Crippen molar-refractivity contribution in [2.24, 2.45) is 0 Å². The van der Waals surface area contributed by atoms with Gasteiger partial charge >= 0.3 is 0 Å². The van der Waals surface area contributed by atoms with Gasteiger partial charge in [0.2, 0.25) is 0 Å². The summed E-state index contributed by atoms with van der Waals surface area (Å²) in [5.41, 5.74) is 3.75. The number of H-pyrrole nitrogens is 1. The van der Waals surface area contributed by atoms with Gasteiger partial charge < -0.3 is 4.98 Å². The lowest BCUT2D eigenvalue weighted by Gasteiger charge is -1.85. The first kappa shape index (κ1) is 7.23. The number of hydrogen-bond donors (Lipinski definition) is 1. The van der Waals surface area contributed by atoms with Crippen LogP contribution >= 0.6 is 22.7 Å². The van der Waals surface area contributed by atoms with E-state index in [-0.39, 0.29) is 0 Å². The Morgan fingerprint density at radius 2 is 2.38 bits per heavy atom. The molecule has 3 aromatic rings. The largest absolute Gasteiger partial charge is 0.359 e. The highest BCUT2D eigenvalue weighted by molar-refractivity contribution is 7.38. The minimum atomic E-state index is 0.861. The van der Waals surface area contributed by atoms with Gasteiger partial charge in [0.25, 0.3) is 0 Å². The molecule has 0 aliphatic rings. The van der Waals surface area contributed by atoms with Crippen LogP contribution in [-0.2, 0) is 0 Å². The predicted molar refractivity (Wildman–Crippen MR) is 55.1 cm³/mol. The van der Waals surface area contributed by atoms with Crippen LogP contribution in [0, 0.1) is 0 Å². The highest BCUT2D eigenvalue weighted by Gasteiger charge is 2.07. The Bertz CT molecular complexity index is 492. The fourth-order valence-corrected chi connectivity index (χ4v) is 2.90. The molecule has 1 N–H and O–H groups in total. The molecule has 3 nitrogen and oxygen atoms in total. The van der Waals surface area contributed by atoms with E-state index in [4.69, 9.17) is 0 Å². The molecule has 3 heterocycles. The van der Waals surface area contributed by atoms with Crippen LogP contribution in [-0.4, -0.2) is 15.0 Å². The standard InChI is InChI=1S/C8H5N3S2/c1-2-5(9-3-1)7-11-6-8(13-7)12-4-10-6/h1-4,9H. The van der Waals surface area contributed by atoms with Crippen LogP contribution in [0.3, 0.4) is 0 Å². The van der Waals surface area contributed by atoms with Gasteiger partial charge in [0.1, 0.15) is 9.02 Å². The Hall–Kier alpha value is -1.20. The molecule has 5 heteroatoms.